The van der Waals surface area contributed by atoms with Crippen molar-refractivity contribution in [2.45, 2.75) is 25.9 Å². The molecule has 1 aromatic heterocycles. The highest BCUT2D eigenvalue weighted by molar-refractivity contribution is 5.87. The Morgan fingerprint density at radius 3 is 2.86 bits per heavy atom. The number of carbonyl (C=O) groups is 2. The van der Waals surface area contributed by atoms with E-state index in [2.05, 4.69) is 28.5 Å². The number of esters is 1. The Labute approximate surface area is 168 Å². The van der Waals surface area contributed by atoms with Crippen LogP contribution in [0.1, 0.15) is 17.9 Å². The number of nitrogens with one attached hydrogen (secondary N) is 1. The molecule has 1 aliphatic rings. The molecule has 3 aromatic rings. The van der Waals surface area contributed by atoms with Gasteiger partial charge in [-0.1, -0.05) is 30.3 Å². The number of hydrogen-bond donors (Lipinski definition) is 1. The number of benzene rings is 2. The van der Waals surface area contributed by atoms with Gasteiger partial charge in [-0.2, -0.15) is 0 Å². The lowest BCUT2D eigenvalue weighted by Crippen LogP contribution is -2.55. The number of aromatic nitrogens is 1. The second kappa shape index (κ2) is 8.05. The number of rotatable bonds is 5. The summed E-state index contributed by atoms with van der Waals surface area (Å²) in [5.41, 5.74) is 1.67. The predicted molar refractivity (Wildman–Crippen MR) is 108 cm³/mol. The molecule has 1 atom stereocenters. The van der Waals surface area contributed by atoms with Gasteiger partial charge in [-0.25, -0.2) is 4.98 Å². The highest BCUT2D eigenvalue weighted by Gasteiger charge is 2.33. The zero-order valence-corrected chi connectivity index (χ0v) is 16.5. The zero-order valence-electron chi connectivity index (χ0n) is 16.5. The van der Waals surface area contributed by atoms with Gasteiger partial charge in [0, 0.05) is 25.2 Å². The van der Waals surface area contributed by atoms with Crippen LogP contribution in [-0.4, -0.2) is 48.0 Å². The van der Waals surface area contributed by atoms with Crippen LogP contribution in [0.5, 0.6) is 0 Å². The first-order chi connectivity index (χ1) is 14.0. The lowest BCUT2D eigenvalue weighted by atomic mass is 10.1. The second-order valence-electron chi connectivity index (χ2n) is 7.14. The summed E-state index contributed by atoms with van der Waals surface area (Å²) in [7, 11) is 1.32. The summed E-state index contributed by atoms with van der Waals surface area (Å²) < 4.78 is 10.7. The topological polar surface area (TPSA) is 84.7 Å². The van der Waals surface area contributed by atoms with Crippen LogP contribution in [-0.2, 0) is 20.9 Å². The van der Waals surface area contributed by atoms with Crippen LogP contribution in [0.15, 0.2) is 46.9 Å². The third-order valence-corrected chi connectivity index (χ3v) is 5.27. The number of ether oxygens (including phenoxy) is 1. The van der Waals surface area contributed by atoms with Crippen LogP contribution >= 0.6 is 0 Å². The summed E-state index contributed by atoms with van der Waals surface area (Å²) in [5.74, 6) is 0.675. The summed E-state index contributed by atoms with van der Waals surface area (Å²) in [5, 5.41) is 5.08. The van der Waals surface area contributed by atoms with Crippen molar-refractivity contribution in [1.29, 1.82) is 0 Å². The van der Waals surface area contributed by atoms with E-state index in [0.29, 0.717) is 31.3 Å². The van der Waals surface area contributed by atoms with E-state index >= 15 is 0 Å². The molecule has 0 bridgehead atoms. The maximum atomic E-state index is 12.3. The van der Waals surface area contributed by atoms with Gasteiger partial charge >= 0.3 is 5.97 Å². The van der Waals surface area contributed by atoms with Crippen LogP contribution in [0.4, 0.5) is 0 Å². The molecule has 4 rings (SSSR count). The standard InChI is InChI=1S/C22H23N3O4/c1-14-18(13-25-10-9-23-21(27)19(25)12-20(26)28-2)24-22(29-14)17-8-7-15-5-3-4-6-16(15)11-17/h3-8,11,19H,9-10,12-13H2,1-2H3,(H,23,27)/t19-/m1/s1. The zero-order chi connectivity index (χ0) is 20.4. The highest BCUT2D eigenvalue weighted by atomic mass is 16.5. The van der Waals surface area contributed by atoms with Crippen molar-refractivity contribution in [2.75, 3.05) is 20.2 Å². The van der Waals surface area contributed by atoms with Gasteiger partial charge in [0.2, 0.25) is 11.8 Å². The van der Waals surface area contributed by atoms with E-state index in [0.717, 1.165) is 22.0 Å². The molecule has 0 aliphatic carbocycles. The van der Waals surface area contributed by atoms with Crippen LogP contribution in [0.2, 0.25) is 0 Å². The number of nitrogens with zero attached hydrogens (tertiary/aromatic N) is 2. The fraction of sp³-hybridized carbons (Fsp3) is 0.318. The molecule has 150 valence electrons. The SMILES string of the molecule is COC(=O)C[C@@H]1C(=O)NCCN1Cc1nc(-c2ccc3ccccc3c2)oc1C. The first kappa shape index (κ1) is 19.1. The Hall–Kier alpha value is -3.19. The van der Waals surface area contributed by atoms with E-state index < -0.39 is 12.0 Å². The number of carbonyl (C=O) groups excluding carboxylic acids is 2. The minimum atomic E-state index is -0.573. The molecule has 2 aromatic carbocycles. The lowest BCUT2D eigenvalue weighted by Gasteiger charge is -2.33. The number of oxazole rings is 1. The molecule has 1 saturated heterocycles. The van der Waals surface area contributed by atoms with E-state index in [-0.39, 0.29) is 12.3 Å². The molecule has 7 nitrogen and oxygen atoms in total. The van der Waals surface area contributed by atoms with Crippen molar-refractivity contribution in [3.05, 3.63) is 53.9 Å². The largest absolute Gasteiger partial charge is 0.469 e. The third kappa shape index (κ3) is 4.00. The number of amides is 1. The van der Waals surface area contributed by atoms with E-state index in [1.54, 1.807) is 0 Å². The van der Waals surface area contributed by atoms with Gasteiger partial charge in [0.1, 0.15) is 11.8 Å². The van der Waals surface area contributed by atoms with Gasteiger partial charge in [-0.05, 0) is 29.8 Å². The molecule has 0 saturated carbocycles. The Balaban J connectivity index is 1.58. The first-order valence-electron chi connectivity index (χ1n) is 9.59. The van der Waals surface area contributed by atoms with Gasteiger partial charge in [-0.3, -0.25) is 14.5 Å². The molecule has 1 N–H and O–H groups in total. The third-order valence-electron chi connectivity index (χ3n) is 5.27. The Bertz CT molecular complexity index is 1060. The summed E-state index contributed by atoms with van der Waals surface area (Å²) in [6.45, 7) is 3.46. The number of aryl methyl sites for hydroxylation is 1. The minimum Gasteiger partial charge on any atom is -0.469 e. The van der Waals surface area contributed by atoms with Crippen molar-refractivity contribution >= 4 is 22.6 Å². The van der Waals surface area contributed by atoms with Gasteiger partial charge in [0.15, 0.2) is 0 Å². The highest BCUT2D eigenvalue weighted by Crippen LogP contribution is 2.27. The number of hydrogen-bond acceptors (Lipinski definition) is 6. The molecule has 1 fully saturated rings. The van der Waals surface area contributed by atoms with Crippen molar-refractivity contribution in [3.8, 4) is 11.5 Å². The van der Waals surface area contributed by atoms with Crippen LogP contribution < -0.4 is 5.32 Å². The van der Waals surface area contributed by atoms with Gasteiger partial charge in [-0.15, -0.1) is 0 Å². The van der Waals surface area contributed by atoms with E-state index in [1.807, 2.05) is 36.1 Å². The molecular formula is C22H23N3O4. The van der Waals surface area contributed by atoms with Gasteiger partial charge in [0.25, 0.3) is 0 Å². The van der Waals surface area contributed by atoms with Crippen molar-refractivity contribution in [2.24, 2.45) is 0 Å². The molecule has 29 heavy (non-hydrogen) atoms. The molecule has 0 spiro atoms. The van der Waals surface area contributed by atoms with Gasteiger partial charge in [0.05, 0.1) is 19.2 Å². The number of fused-ring (bicyclic) bond motifs is 1. The van der Waals surface area contributed by atoms with E-state index in [4.69, 9.17) is 9.15 Å². The van der Waals surface area contributed by atoms with Crippen molar-refractivity contribution in [3.63, 3.8) is 0 Å². The fourth-order valence-electron chi connectivity index (χ4n) is 3.63. The summed E-state index contributed by atoms with van der Waals surface area (Å²) in [4.78, 5) is 30.6. The smallest absolute Gasteiger partial charge is 0.307 e. The number of piperazine rings is 1. The summed E-state index contributed by atoms with van der Waals surface area (Å²) in [6, 6.07) is 13.6. The Morgan fingerprint density at radius 1 is 1.28 bits per heavy atom. The Morgan fingerprint density at radius 2 is 2.07 bits per heavy atom. The fourth-order valence-corrected chi connectivity index (χ4v) is 3.63. The second-order valence-corrected chi connectivity index (χ2v) is 7.14. The summed E-state index contributed by atoms with van der Waals surface area (Å²) in [6.07, 6.45) is 0.0107. The average Bonchev–Trinajstić information content (AvgIpc) is 3.10. The molecule has 0 radical (unpaired) electrons. The summed E-state index contributed by atoms with van der Waals surface area (Å²) >= 11 is 0. The minimum absolute atomic E-state index is 0.0107. The van der Waals surface area contributed by atoms with Gasteiger partial charge < -0.3 is 14.5 Å². The monoisotopic (exact) mass is 393 g/mol. The molecule has 0 unspecified atom stereocenters. The quantitative estimate of drug-likeness (QED) is 0.671. The van der Waals surface area contributed by atoms with Crippen LogP contribution in [0, 0.1) is 6.92 Å². The van der Waals surface area contributed by atoms with E-state index in [1.165, 1.54) is 7.11 Å². The van der Waals surface area contributed by atoms with Crippen LogP contribution in [0.3, 0.4) is 0 Å². The predicted octanol–water partition coefficient (Wildman–Crippen LogP) is 2.67. The number of methoxy groups -OCH3 is 1. The Kier molecular flexibility index (Phi) is 5.31. The molecule has 1 amide bonds. The molecule has 2 heterocycles. The molecule has 7 heteroatoms. The maximum Gasteiger partial charge on any atom is 0.307 e. The van der Waals surface area contributed by atoms with E-state index in [9.17, 15) is 9.59 Å². The first-order valence-corrected chi connectivity index (χ1v) is 9.59. The molecular weight excluding hydrogens is 370 g/mol. The lowest BCUT2D eigenvalue weighted by molar-refractivity contribution is -0.146. The maximum absolute atomic E-state index is 12.3. The van der Waals surface area contributed by atoms with Crippen LogP contribution in [0.25, 0.3) is 22.2 Å². The van der Waals surface area contributed by atoms with Crippen molar-refractivity contribution in [1.82, 2.24) is 15.2 Å². The average molecular weight is 393 g/mol. The van der Waals surface area contributed by atoms with Crippen molar-refractivity contribution < 1.29 is 18.7 Å². The molecule has 1 aliphatic heterocycles. The normalized spacial score (nSPS) is 17.3.